The van der Waals surface area contributed by atoms with Crippen molar-refractivity contribution in [1.82, 2.24) is 5.32 Å². The molecule has 1 aliphatic carbocycles. The van der Waals surface area contributed by atoms with Crippen molar-refractivity contribution in [2.24, 2.45) is 11.3 Å². The third-order valence-corrected chi connectivity index (χ3v) is 5.97. The molecule has 0 heterocycles. The molecule has 2 rings (SSSR count). The number of carbonyl (C=O) groups is 3. The van der Waals surface area contributed by atoms with E-state index in [2.05, 4.69) is 5.32 Å². The van der Waals surface area contributed by atoms with Gasteiger partial charge in [0.05, 0.1) is 24.4 Å². The van der Waals surface area contributed by atoms with E-state index >= 15 is 0 Å². The van der Waals surface area contributed by atoms with Crippen molar-refractivity contribution in [3.8, 4) is 5.75 Å². The summed E-state index contributed by atoms with van der Waals surface area (Å²) in [6.45, 7) is 2.08. The molecule has 2 atom stereocenters. The maximum atomic E-state index is 13.2. The molecule has 3 N–H and O–H groups in total. The molecule has 1 fully saturated rings. The van der Waals surface area contributed by atoms with Gasteiger partial charge in [-0.1, -0.05) is 26.2 Å². The number of ether oxygens (including phenoxy) is 1. The summed E-state index contributed by atoms with van der Waals surface area (Å²) in [7, 11) is 0. The Labute approximate surface area is 182 Å². The molecule has 1 aromatic rings. The van der Waals surface area contributed by atoms with Gasteiger partial charge in [0, 0.05) is 12.5 Å². The Balaban J connectivity index is 2.02. The van der Waals surface area contributed by atoms with Crippen LogP contribution in [0.25, 0.3) is 0 Å². The van der Waals surface area contributed by atoms with Crippen LogP contribution in [0.2, 0.25) is 0 Å². The normalized spacial score (nSPS) is 17.0. The van der Waals surface area contributed by atoms with Crippen molar-refractivity contribution in [2.45, 2.75) is 70.8 Å². The van der Waals surface area contributed by atoms with Crippen molar-refractivity contribution in [3.63, 3.8) is 0 Å². The summed E-state index contributed by atoms with van der Waals surface area (Å²) < 4.78 is 18.5. The molecule has 1 aromatic carbocycles. The average Bonchev–Trinajstić information content (AvgIpc) is 3.18. The minimum absolute atomic E-state index is 0.157. The molecule has 172 valence electrons. The molecule has 7 nitrogen and oxygen atoms in total. The summed E-state index contributed by atoms with van der Waals surface area (Å²) in [6.07, 6.45) is 4.43. The molecule has 0 aliphatic heterocycles. The molecule has 0 saturated heterocycles. The Morgan fingerprint density at radius 3 is 2.32 bits per heavy atom. The van der Waals surface area contributed by atoms with Gasteiger partial charge in [-0.05, 0) is 49.9 Å². The predicted molar refractivity (Wildman–Crippen MR) is 112 cm³/mol. The van der Waals surface area contributed by atoms with Crippen LogP contribution < -0.4 is 10.1 Å². The van der Waals surface area contributed by atoms with Crippen LogP contribution in [0, 0.1) is 17.2 Å². The Bertz CT molecular complexity index is 745. The number of halogens is 1. The summed E-state index contributed by atoms with van der Waals surface area (Å²) in [5.41, 5.74) is -0.771. The number of hydrogen-bond donors (Lipinski definition) is 3. The molecular weight excluding hydrogens is 405 g/mol. The highest BCUT2D eigenvalue weighted by Gasteiger charge is 2.44. The van der Waals surface area contributed by atoms with Crippen molar-refractivity contribution < 1.29 is 33.7 Å². The van der Waals surface area contributed by atoms with E-state index in [-0.39, 0.29) is 37.6 Å². The molecule has 0 radical (unpaired) electrons. The second-order valence-electron chi connectivity index (χ2n) is 8.37. The fraction of sp³-hybridized carbons (Fsp3) is 0.609. The second kappa shape index (κ2) is 11.7. The van der Waals surface area contributed by atoms with E-state index in [0.717, 1.165) is 19.3 Å². The van der Waals surface area contributed by atoms with Crippen LogP contribution in [0.4, 0.5) is 4.39 Å². The topological polar surface area (TPSA) is 113 Å². The van der Waals surface area contributed by atoms with Crippen LogP contribution in [0.5, 0.6) is 5.75 Å². The fourth-order valence-corrected chi connectivity index (χ4v) is 4.33. The number of benzene rings is 1. The monoisotopic (exact) mass is 437 g/mol. The van der Waals surface area contributed by atoms with Gasteiger partial charge < -0.3 is 20.3 Å². The average molecular weight is 438 g/mol. The Hall–Kier alpha value is -2.64. The summed E-state index contributed by atoms with van der Waals surface area (Å²) >= 11 is 0. The third kappa shape index (κ3) is 7.52. The number of carboxylic acid groups (broad SMARTS) is 2. The lowest BCUT2D eigenvalue weighted by Gasteiger charge is -2.32. The lowest BCUT2D eigenvalue weighted by atomic mass is 9.75. The van der Waals surface area contributed by atoms with Gasteiger partial charge >= 0.3 is 11.9 Å². The lowest BCUT2D eigenvalue weighted by Crippen LogP contribution is -2.47. The summed E-state index contributed by atoms with van der Waals surface area (Å²) in [4.78, 5) is 36.2. The van der Waals surface area contributed by atoms with Crippen LogP contribution in [0.3, 0.4) is 0 Å². The third-order valence-electron chi connectivity index (χ3n) is 5.97. The molecular formula is C23H32FNO6. The van der Waals surface area contributed by atoms with E-state index in [0.29, 0.717) is 25.0 Å². The van der Waals surface area contributed by atoms with Gasteiger partial charge in [-0.25, -0.2) is 4.39 Å². The molecule has 1 saturated carbocycles. The number of nitrogens with one attached hydrogen (secondary N) is 1. The van der Waals surface area contributed by atoms with Crippen molar-refractivity contribution in [1.29, 1.82) is 0 Å². The summed E-state index contributed by atoms with van der Waals surface area (Å²) in [6, 6.07) is 4.86. The maximum absolute atomic E-state index is 13.2. The molecule has 1 amide bonds. The summed E-state index contributed by atoms with van der Waals surface area (Å²) in [5, 5.41) is 21.7. The highest BCUT2D eigenvalue weighted by Crippen LogP contribution is 2.44. The van der Waals surface area contributed by atoms with E-state index in [4.69, 9.17) is 4.74 Å². The molecule has 8 heteroatoms. The van der Waals surface area contributed by atoms with Gasteiger partial charge in [-0.15, -0.1) is 0 Å². The number of carbonyl (C=O) groups excluding carboxylic acids is 1. The SMILES string of the molecule is CCC[C@@H](CC1(C(=O)N[C@@H](CCOc2ccc(F)cc2)CC(=O)O)CCCC1)C(=O)O. The molecule has 0 bridgehead atoms. The van der Waals surface area contributed by atoms with Gasteiger partial charge in [0.2, 0.25) is 5.91 Å². The minimum atomic E-state index is -1.04. The quantitative estimate of drug-likeness (QED) is 0.430. The molecule has 1 aliphatic rings. The zero-order valence-corrected chi connectivity index (χ0v) is 17.9. The smallest absolute Gasteiger partial charge is 0.306 e. The lowest BCUT2D eigenvalue weighted by molar-refractivity contribution is -0.144. The first-order chi connectivity index (χ1) is 14.8. The van der Waals surface area contributed by atoms with E-state index in [9.17, 15) is 29.0 Å². The summed E-state index contributed by atoms with van der Waals surface area (Å²) in [5.74, 6) is -2.71. The van der Waals surface area contributed by atoms with Crippen LogP contribution in [0.1, 0.15) is 64.7 Å². The zero-order chi connectivity index (χ0) is 22.9. The maximum Gasteiger partial charge on any atom is 0.306 e. The standard InChI is InChI=1S/C23H32FNO6/c1-2-5-16(21(28)29)15-23(11-3-4-12-23)22(30)25-18(14-20(26)27)10-13-31-19-8-6-17(24)7-9-19/h6-9,16,18H,2-5,10-15H2,1H3,(H,25,30)(H,26,27)(H,28,29)/t16-,18-/m0/s1. The molecule has 0 spiro atoms. The Morgan fingerprint density at radius 2 is 1.77 bits per heavy atom. The number of hydrogen-bond acceptors (Lipinski definition) is 4. The van der Waals surface area contributed by atoms with Crippen LogP contribution in [0.15, 0.2) is 24.3 Å². The van der Waals surface area contributed by atoms with Crippen LogP contribution in [-0.2, 0) is 14.4 Å². The van der Waals surface area contributed by atoms with Gasteiger partial charge in [0.25, 0.3) is 0 Å². The van der Waals surface area contributed by atoms with Gasteiger partial charge in [-0.2, -0.15) is 0 Å². The molecule has 0 unspecified atom stereocenters. The zero-order valence-electron chi connectivity index (χ0n) is 17.9. The van der Waals surface area contributed by atoms with E-state index in [1.165, 1.54) is 24.3 Å². The van der Waals surface area contributed by atoms with Crippen LogP contribution >= 0.6 is 0 Å². The first-order valence-electron chi connectivity index (χ1n) is 10.9. The van der Waals surface area contributed by atoms with E-state index in [1.54, 1.807) is 0 Å². The van der Waals surface area contributed by atoms with E-state index in [1.807, 2.05) is 6.92 Å². The van der Waals surface area contributed by atoms with Gasteiger partial charge in [0.15, 0.2) is 0 Å². The Morgan fingerprint density at radius 1 is 1.13 bits per heavy atom. The highest BCUT2D eigenvalue weighted by molar-refractivity contribution is 5.84. The highest BCUT2D eigenvalue weighted by atomic mass is 19.1. The Kier molecular flexibility index (Phi) is 9.27. The predicted octanol–water partition coefficient (Wildman–Crippen LogP) is 4.01. The first kappa shape index (κ1) is 24.6. The number of amides is 1. The second-order valence-corrected chi connectivity index (χ2v) is 8.37. The van der Waals surface area contributed by atoms with Gasteiger partial charge in [-0.3, -0.25) is 14.4 Å². The fourth-order valence-electron chi connectivity index (χ4n) is 4.33. The van der Waals surface area contributed by atoms with E-state index < -0.39 is 29.3 Å². The number of rotatable bonds is 13. The van der Waals surface area contributed by atoms with Crippen molar-refractivity contribution >= 4 is 17.8 Å². The number of aliphatic carboxylic acids is 2. The van der Waals surface area contributed by atoms with Crippen LogP contribution in [-0.4, -0.2) is 40.7 Å². The minimum Gasteiger partial charge on any atom is -0.494 e. The number of carboxylic acids is 2. The molecule has 0 aromatic heterocycles. The van der Waals surface area contributed by atoms with Gasteiger partial charge in [0.1, 0.15) is 11.6 Å². The van der Waals surface area contributed by atoms with Crippen molar-refractivity contribution in [3.05, 3.63) is 30.1 Å². The van der Waals surface area contributed by atoms with Crippen molar-refractivity contribution in [2.75, 3.05) is 6.61 Å². The molecule has 31 heavy (non-hydrogen) atoms. The largest absolute Gasteiger partial charge is 0.494 e. The first-order valence-corrected chi connectivity index (χ1v) is 10.9.